The zero-order valence-corrected chi connectivity index (χ0v) is 15.9. The molecule has 1 aliphatic rings. The molecule has 0 heterocycles. The SMILES string of the molecule is CC(C)CN(Cc1ccc(Cl)c(Cl)c1)CC1CCC(CN)CC1. The molecule has 2 N–H and O–H groups in total. The van der Waals surface area contributed by atoms with Crippen LogP contribution in [-0.4, -0.2) is 24.5 Å². The Balaban J connectivity index is 1.95. The molecule has 4 heteroatoms. The van der Waals surface area contributed by atoms with Crippen molar-refractivity contribution in [3.63, 3.8) is 0 Å². The van der Waals surface area contributed by atoms with E-state index in [0.29, 0.717) is 16.0 Å². The maximum Gasteiger partial charge on any atom is 0.0595 e. The molecule has 130 valence electrons. The summed E-state index contributed by atoms with van der Waals surface area (Å²) in [5.41, 5.74) is 7.06. The van der Waals surface area contributed by atoms with E-state index in [4.69, 9.17) is 28.9 Å². The molecule has 1 saturated carbocycles. The normalized spacial score (nSPS) is 22.0. The fourth-order valence-corrected chi connectivity index (χ4v) is 3.95. The molecule has 0 amide bonds. The number of rotatable bonds is 7. The molecular weight excluding hydrogens is 327 g/mol. The van der Waals surface area contributed by atoms with Crippen LogP contribution in [0, 0.1) is 17.8 Å². The molecule has 1 aliphatic carbocycles. The molecule has 1 aromatic rings. The van der Waals surface area contributed by atoms with Crippen LogP contribution in [0.4, 0.5) is 0 Å². The predicted octanol–water partition coefficient (Wildman–Crippen LogP) is 5.22. The van der Waals surface area contributed by atoms with Crippen molar-refractivity contribution >= 4 is 23.2 Å². The summed E-state index contributed by atoms with van der Waals surface area (Å²) >= 11 is 12.2. The Morgan fingerprint density at radius 2 is 1.74 bits per heavy atom. The number of hydrogen-bond acceptors (Lipinski definition) is 2. The Hall–Kier alpha value is -0.280. The lowest BCUT2D eigenvalue weighted by Crippen LogP contribution is -2.34. The monoisotopic (exact) mass is 356 g/mol. The fourth-order valence-electron chi connectivity index (χ4n) is 3.63. The van der Waals surface area contributed by atoms with Crippen LogP contribution in [0.1, 0.15) is 45.1 Å². The van der Waals surface area contributed by atoms with Crippen molar-refractivity contribution < 1.29 is 0 Å². The van der Waals surface area contributed by atoms with E-state index in [1.165, 1.54) is 37.8 Å². The van der Waals surface area contributed by atoms with Gasteiger partial charge in [-0.05, 0) is 67.7 Å². The average Bonchev–Trinajstić information content (AvgIpc) is 2.51. The number of benzene rings is 1. The van der Waals surface area contributed by atoms with Crippen LogP contribution in [0.15, 0.2) is 18.2 Å². The first-order valence-corrected chi connectivity index (χ1v) is 9.59. The van der Waals surface area contributed by atoms with Gasteiger partial charge in [0.25, 0.3) is 0 Å². The highest BCUT2D eigenvalue weighted by molar-refractivity contribution is 6.42. The van der Waals surface area contributed by atoms with E-state index in [1.54, 1.807) is 0 Å². The molecule has 0 bridgehead atoms. The Morgan fingerprint density at radius 1 is 1.09 bits per heavy atom. The topological polar surface area (TPSA) is 29.3 Å². The van der Waals surface area contributed by atoms with Gasteiger partial charge < -0.3 is 5.73 Å². The van der Waals surface area contributed by atoms with E-state index >= 15 is 0 Å². The minimum absolute atomic E-state index is 0.630. The van der Waals surface area contributed by atoms with Crippen LogP contribution in [0.3, 0.4) is 0 Å². The lowest BCUT2D eigenvalue weighted by atomic mass is 9.81. The van der Waals surface area contributed by atoms with Crippen LogP contribution in [-0.2, 0) is 6.54 Å². The molecule has 0 radical (unpaired) electrons. The number of hydrogen-bond donors (Lipinski definition) is 1. The molecule has 0 aliphatic heterocycles. The van der Waals surface area contributed by atoms with Gasteiger partial charge >= 0.3 is 0 Å². The van der Waals surface area contributed by atoms with E-state index < -0.39 is 0 Å². The highest BCUT2D eigenvalue weighted by Gasteiger charge is 2.22. The summed E-state index contributed by atoms with van der Waals surface area (Å²) in [5, 5.41) is 1.28. The van der Waals surface area contributed by atoms with Crippen molar-refractivity contribution in [1.29, 1.82) is 0 Å². The summed E-state index contributed by atoms with van der Waals surface area (Å²) in [6, 6.07) is 5.99. The van der Waals surface area contributed by atoms with Crippen LogP contribution < -0.4 is 5.73 Å². The molecule has 1 fully saturated rings. The predicted molar refractivity (Wildman–Crippen MR) is 101 cm³/mol. The van der Waals surface area contributed by atoms with Crippen molar-refractivity contribution in [2.24, 2.45) is 23.5 Å². The number of nitrogens with two attached hydrogens (primary N) is 1. The van der Waals surface area contributed by atoms with E-state index in [1.807, 2.05) is 12.1 Å². The van der Waals surface area contributed by atoms with Crippen molar-refractivity contribution in [3.05, 3.63) is 33.8 Å². The quantitative estimate of drug-likeness (QED) is 0.725. The largest absolute Gasteiger partial charge is 0.330 e. The Morgan fingerprint density at radius 3 is 2.30 bits per heavy atom. The smallest absolute Gasteiger partial charge is 0.0595 e. The first-order chi connectivity index (χ1) is 11.0. The van der Waals surface area contributed by atoms with Gasteiger partial charge in [0.15, 0.2) is 0 Å². The molecule has 0 atom stereocenters. The number of nitrogens with zero attached hydrogens (tertiary/aromatic N) is 1. The van der Waals surface area contributed by atoms with E-state index in [2.05, 4.69) is 24.8 Å². The lowest BCUT2D eigenvalue weighted by molar-refractivity contribution is 0.162. The summed E-state index contributed by atoms with van der Waals surface area (Å²) < 4.78 is 0. The van der Waals surface area contributed by atoms with Crippen molar-refractivity contribution in [3.8, 4) is 0 Å². The highest BCUT2D eigenvalue weighted by atomic mass is 35.5. The summed E-state index contributed by atoms with van der Waals surface area (Å²) in [6.07, 6.45) is 5.22. The van der Waals surface area contributed by atoms with Gasteiger partial charge in [-0.1, -0.05) is 43.1 Å². The van der Waals surface area contributed by atoms with Gasteiger partial charge in [-0.25, -0.2) is 0 Å². The standard InChI is InChI=1S/C19H30Cl2N2/c1-14(2)11-23(12-16-5-3-15(10-22)4-6-16)13-17-7-8-18(20)19(21)9-17/h7-9,14-16H,3-6,10-13,22H2,1-2H3. The van der Waals surface area contributed by atoms with Gasteiger partial charge in [0.1, 0.15) is 0 Å². The Labute approximate surface area is 151 Å². The van der Waals surface area contributed by atoms with Gasteiger partial charge in [-0.3, -0.25) is 4.90 Å². The molecule has 0 unspecified atom stereocenters. The average molecular weight is 357 g/mol. The molecule has 2 nitrogen and oxygen atoms in total. The lowest BCUT2D eigenvalue weighted by Gasteiger charge is -2.33. The van der Waals surface area contributed by atoms with Crippen LogP contribution in [0.2, 0.25) is 10.0 Å². The third-order valence-electron chi connectivity index (χ3n) is 4.83. The second-order valence-electron chi connectivity index (χ2n) is 7.46. The van der Waals surface area contributed by atoms with Crippen LogP contribution in [0.5, 0.6) is 0 Å². The molecule has 0 aromatic heterocycles. The first-order valence-electron chi connectivity index (χ1n) is 8.84. The molecule has 0 spiro atoms. The minimum Gasteiger partial charge on any atom is -0.330 e. The van der Waals surface area contributed by atoms with Gasteiger partial charge in [-0.15, -0.1) is 0 Å². The maximum absolute atomic E-state index is 6.16. The van der Waals surface area contributed by atoms with Gasteiger partial charge in [0.2, 0.25) is 0 Å². The second-order valence-corrected chi connectivity index (χ2v) is 8.27. The molecule has 0 saturated heterocycles. The van der Waals surface area contributed by atoms with Crippen molar-refractivity contribution in [2.45, 2.75) is 46.1 Å². The fraction of sp³-hybridized carbons (Fsp3) is 0.684. The molecular formula is C19H30Cl2N2. The first kappa shape index (κ1) is 19.1. The van der Waals surface area contributed by atoms with E-state index in [0.717, 1.165) is 31.5 Å². The highest BCUT2D eigenvalue weighted by Crippen LogP contribution is 2.29. The third kappa shape index (κ3) is 6.26. The molecule has 23 heavy (non-hydrogen) atoms. The Bertz CT molecular complexity index is 482. The number of halogens is 2. The second kappa shape index (κ2) is 9.27. The van der Waals surface area contributed by atoms with E-state index in [9.17, 15) is 0 Å². The zero-order chi connectivity index (χ0) is 16.8. The zero-order valence-electron chi connectivity index (χ0n) is 14.4. The molecule has 1 aromatic carbocycles. The summed E-state index contributed by atoms with van der Waals surface area (Å²) in [5.74, 6) is 2.22. The van der Waals surface area contributed by atoms with Gasteiger partial charge in [-0.2, -0.15) is 0 Å². The Kier molecular flexibility index (Phi) is 7.68. The van der Waals surface area contributed by atoms with E-state index in [-0.39, 0.29) is 0 Å². The van der Waals surface area contributed by atoms with Crippen LogP contribution >= 0.6 is 23.2 Å². The summed E-state index contributed by atoms with van der Waals surface area (Å²) in [4.78, 5) is 2.58. The van der Waals surface area contributed by atoms with Crippen molar-refractivity contribution in [1.82, 2.24) is 4.90 Å². The van der Waals surface area contributed by atoms with Crippen molar-refractivity contribution in [2.75, 3.05) is 19.6 Å². The van der Waals surface area contributed by atoms with Gasteiger partial charge in [0.05, 0.1) is 10.0 Å². The summed E-state index contributed by atoms with van der Waals surface area (Å²) in [7, 11) is 0. The summed E-state index contributed by atoms with van der Waals surface area (Å²) in [6.45, 7) is 8.67. The maximum atomic E-state index is 6.16. The molecule has 2 rings (SSSR count). The minimum atomic E-state index is 0.630. The third-order valence-corrected chi connectivity index (χ3v) is 5.57. The van der Waals surface area contributed by atoms with Crippen LogP contribution in [0.25, 0.3) is 0 Å². The van der Waals surface area contributed by atoms with Gasteiger partial charge in [0, 0.05) is 19.6 Å².